The first-order valence-corrected chi connectivity index (χ1v) is 27.7. The minimum absolute atomic E-state index is 0.126. The zero-order valence-electron chi connectivity index (χ0n) is 45.1. The number of hydrogen-bond acceptors (Lipinski definition) is 22. The summed E-state index contributed by atoms with van der Waals surface area (Å²) in [5.41, 5.74) is -0.887. The van der Waals surface area contributed by atoms with Crippen molar-refractivity contribution >= 4 is 5.97 Å². The van der Waals surface area contributed by atoms with Crippen LogP contribution >= 0.6 is 0 Å². The van der Waals surface area contributed by atoms with Gasteiger partial charge in [0.25, 0.3) is 0 Å². The van der Waals surface area contributed by atoms with E-state index in [0.29, 0.717) is 32.1 Å². The summed E-state index contributed by atoms with van der Waals surface area (Å²) in [7, 11) is 0. The van der Waals surface area contributed by atoms with Gasteiger partial charge in [0.2, 0.25) is 6.29 Å². The van der Waals surface area contributed by atoms with Crippen molar-refractivity contribution in [3.8, 4) is 0 Å². The summed E-state index contributed by atoms with van der Waals surface area (Å²) < 4.78 is 47.2. The molecule has 8 fully saturated rings. The molecule has 0 radical (unpaired) electrons. The maximum Gasteiger partial charge on any atom is 0.315 e. The van der Waals surface area contributed by atoms with E-state index in [0.717, 1.165) is 32.1 Å². The number of ether oxygens (including phenoxy) is 8. The Balaban J connectivity index is 0.892. The first-order chi connectivity index (χ1) is 35.5. The van der Waals surface area contributed by atoms with Gasteiger partial charge in [0.05, 0.1) is 37.4 Å². The van der Waals surface area contributed by atoms with Crippen molar-refractivity contribution in [2.24, 2.45) is 50.2 Å². The highest BCUT2D eigenvalue weighted by atomic mass is 16.8. The van der Waals surface area contributed by atoms with Crippen molar-refractivity contribution in [3.05, 3.63) is 11.6 Å². The minimum atomic E-state index is -1.87. The highest BCUT2D eigenvalue weighted by molar-refractivity contribution is 5.79. The first-order valence-electron chi connectivity index (χ1n) is 27.7. The molecule has 0 bridgehead atoms. The molecule has 436 valence electrons. The predicted molar refractivity (Wildman–Crippen MR) is 261 cm³/mol. The van der Waals surface area contributed by atoms with Crippen LogP contribution in [0.3, 0.4) is 0 Å². The van der Waals surface area contributed by atoms with Gasteiger partial charge in [-0.1, -0.05) is 60.1 Å². The summed E-state index contributed by atoms with van der Waals surface area (Å²) in [6.45, 7) is 15.5. The Bertz CT molecular complexity index is 2090. The van der Waals surface area contributed by atoms with Crippen LogP contribution in [-0.4, -0.2) is 221 Å². The molecule has 13 N–H and O–H groups in total. The standard InChI is InChI=1S/C54H88O22/c1-23-32(57)35(60)39(64)45(70-23)75-43-27(21-56)72-44(42(67)38(43)63)69-22-28-34(59)37(62)41(66)47(73-28)76-48(68)54-17-15-49(2,3)19-25(54)24-9-10-30-51(6)13-12-31(74-46-40(65)36(61)33(58)26(20-55)71-46)50(4,5)29(51)11-14-53(30,8)52(24,7)16-18-54/h9,23,25-47,55-67H,10-22H2,1-8H3. The summed E-state index contributed by atoms with van der Waals surface area (Å²) in [6.07, 6.45) is -22.0. The smallest absolute Gasteiger partial charge is 0.315 e. The van der Waals surface area contributed by atoms with Gasteiger partial charge >= 0.3 is 5.97 Å². The SMILES string of the molecule is CC1OC(OC2C(CO)OC(OCC3OC(OC(=O)C45CCC(C)(C)CC4C4=CCC6C7(C)CCC(OC8OC(CO)C(O)C(O)C8O)C(C)(C)C7CCC6(C)C4(C)CC5)C(O)C(O)C3O)C(O)C2O)C(O)C(O)C1O. The molecule has 28 unspecified atom stereocenters. The Kier molecular flexibility index (Phi) is 16.6. The number of fused-ring (bicyclic) bond motifs is 7. The molecular formula is C54H88O22. The molecule has 4 saturated heterocycles. The molecule has 0 aromatic carbocycles. The summed E-state index contributed by atoms with van der Waals surface area (Å²) in [5.74, 6) is -0.332. The van der Waals surface area contributed by atoms with Crippen molar-refractivity contribution in [1.29, 1.82) is 0 Å². The van der Waals surface area contributed by atoms with E-state index in [1.807, 2.05) is 0 Å². The molecule has 4 saturated carbocycles. The fourth-order valence-corrected chi connectivity index (χ4v) is 16.4. The number of esters is 1. The molecule has 9 aliphatic rings. The van der Waals surface area contributed by atoms with Gasteiger partial charge < -0.3 is 104 Å². The molecule has 4 aliphatic heterocycles. The van der Waals surface area contributed by atoms with E-state index in [2.05, 4.69) is 54.5 Å². The summed E-state index contributed by atoms with van der Waals surface area (Å²) in [4.78, 5) is 15.1. The van der Waals surface area contributed by atoms with Crippen LogP contribution < -0.4 is 0 Å². The number of allylic oxidation sites excluding steroid dienone is 2. The number of carbonyl (C=O) groups is 1. The fraction of sp³-hybridized carbons (Fsp3) is 0.944. The number of rotatable bonds is 11. The zero-order valence-corrected chi connectivity index (χ0v) is 45.1. The Morgan fingerprint density at radius 1 is 0.579 bits per heavy atom. The summed E-state index contributed by atoms with van der Waals surface area (Å²) in [6, 6.07) is 0. The molecule has 28 atom stereocenters. The van der Waals surface area contributed by atoms with E-state index in [4.69, 9.17) is 37.9 Å². The third-order valence-electron chi connectivity index (χ3n) is 21.4. The molecule has 9 rings (SSSR count). The third-order valence-corrected chi connectivity index (χ3v) is 21.4. The number of aliphatic hydroxyl groups is 13. The van der Waals surface area contributed by atoms with E-state index in [1.165, 1.54) is 12.5 Å². The van der Waals surface area contributed by atoms with Gasteiger partial charge in [0.1, 0.15) is 91.6 Å². The highest BCUT2D eigenvalue weighted by Gasteiger charge is 2.70. The minimum Gasteiger partial charge on any atom is -0.432 e. The van der Waals surface area contributed by atoms with Gasteiger partial charge in [-0.05, 0) is 116 Å². The number of hydrogen-bond donors (Lipinski definition) is 13. The van der Waals surface area contributed by atoms with Gasteiger partial charge in [0.15, 0.2) is 18.9 Å². The van der Waals surface area contributed by atoms with Crippen molar-refractivity contribution in [1.82, 2.24) is 0 Å². The molecule has 0 amide bonds. The van der Waals surface area contributed by atoms with Crippen molar-refractivity contribution < 1.29 is 109 Å². The lowest BCUT2D eigenvalue weighted by atomic mass is 9.33. The first kappa shape index (κ1) is 59.0. The van der Waals surface area contributed by atoms with Crippen LogP contribution in [-0.2, 0) is 42.7 Å². The molecule has 0 aromatic heterocycles. The van der Waals surface area contributed by atoms with Crippen LogP contribution in [0.1, 0.15) is 120 Å². The van der Waals surface area contributed by atoms with Gasteiger partial charge in [-0.2, -0.15) is 0 Å². The van der Waals surface area contributed by atoms with E-state index in [9.17, 15) is 66.4 Å². The quantitative estimate of drug-likeness (QED) is 0.0670. The van der Waals surface area contributed by atoms with E-state index in [-0.39, 0.29) is 50.9 Å². The number of aliphatic hydroxyl groups excluding tert-OH is 13. The molecule has 22 heteroatoms. The van der Waals surface area contributed by atoms with Crippen molar-refractivity contribution in [2.75, 3.05) is 19.8 Å². The second kappa shape index (κ2) is 21.3. The lowest BCUT2D eigenvalue weighted by Crippen LogP contribution is -2.66. The average Bonchev–Trinajstić information content (AvgIpc) is 3.55. The van der Waals surface area contributed by atoms with Crippen LogP contribution in [0.2, 0.25) is 0 Å². The zero-order chi connectivity index (χ0) is 55.6. The second-order valence-corrected chi connectivity index (χ2v) is 26.3. The fourth-order valence-electron chi connectivity index (χ4n) is 16.4. The highest BCUT2D eigenvalue weighted by Crippen LogP contribution is 2.76. The summed E-state index contributed by atoms with van der Waals surface area (Å²) in [5, 5.41) is 139. The molecular weight excluding hydrogens is 1000 g/mol. The Morgan fingerprint density at radius 2 is 1.14 bits per heavy atom. The molecule has 22 nitrogen and oxygen atoms in total. The van der Waals surface area contributed by atoms with Gasteiger partial charge in [-0.25, -0.2) is 0 Å². The maximum absolute atomic E-state index is 15.1. The van der Waals surface area contributed by atoms with E-state index < -0.39 is 154 Å². The molecule has 4 heterocycles. The van der Waals surface area contributed by atoms with Gasteiger partial charge in [-0.3, -0.25) is 4.79 Å². The molecule has 76 heavy (non-hydrogen) atoms. The topological polar surface area (TPSA) is 354 Å². The summed E-state index contributed by atoms with van der Waals surface area (Å²) >= 11 is 0. The van der Waals surface area contributed by atoms with Gasteiger partial charge in [-0.15, -0.1) is 0 Å². The lowest BCUT2D eigenvalue weighted by Gasteiger charge is -2.71. The average molecular weight is 1090 g/mol. The van der Waals surface area contributed by atoms with E-state index >= 15 is 4.79 Å². The third kappa shape index (κ3) is 9.57. The maximum atomic E-state index is 15.1. The Morgan fingerprint density at radius 3 is 1.80 bits per heavy atom. The molecule has 0 spiro atoms. The Hall–Kier alpha value is -1.59. The van der Waals surface area contributed by atoms with Crippen LogP contribution in [0.4, 0.5) is 0 Å². The van der Waals surface area contributed by atoms with Crippen molar-refractivity contribution in [2.45, 2.75) is 249 Å². The normalized spacial score (nSPS) is 54.0. The van der Waals surface area contributed by atoms with Gasteiger partial charge in [0, 0.05) is 0 Å². The predicted octanol–water partition coefficient (Wildman–Crippen LogP) is -1.01. The van der Waals surface area contributed by atoms with Crippen molar-refractivity contribution in [3.63, 3.8) is 0 Å². The largest absolute Gasteiger partial charge is 0.432 e. The monoisotopic (exact) mass is 1090 g/mol. The second-order valence-electron chi connectivity index (χ2n) is 26.3. The van der Waals surface area contributed by atoms with Crippen LogP contribution in [0, 0.1) is 50.2 Å². The van der Waals surface area contributed by atoms with Crippen LogP contribution in [0.5, 0.6) is 0 Å². The van der Waals surface area contributed by atoms with Crippen LogP contribution in [0.25, 0.3) is 0 Å². The lowest BCUT2D eigenvalue weighted by molar-refractivity contribution is -0.361. The molecule has 0 aromatic rings. The van der Waals surface area contributed by atoms with E-state index in [1.54, 1.807) is 0 Å². The molecule has 5 aliphatic carbocycles. The number of carbonyl (C=O) groups excluding carboxylic acids is 1. The Labute approximate surface area is 444 Å². The van der Waals surface area contributed by atoms with Crippen LogP contribution in [0.15, 0.2) is 11.6 Å².